The van der Waals surface area contributed by atoms with Crippen molar-refractivity contribution in [2.75, 3.05) is 34.9 Å². The van der Waals surface area contributed by atoms with E-state index in [1.165, 1.54) is 0 Å². The number of carbonyl (C=O) groups is 1. The van der Waals surface area contributed by atoms with Gasteiger partial charge in [-0.15, -0.1) is 0 Å². The Kier molecular flexibility index (Phi) is 8.09. The average Bonchev–Trinajstić information content (AvgIpc) is 3.27. The average molecular weight is 519 g/mol. The summed E-state index contributed by atoms with van der Waals surface area (Å²) in [6, 6.07) is 23.2. The number of methoxy groups -OCH3 is 3. The van der Waals surface area contributed by atoms with Crippen molar-refractivity contribution < 1.29 is 19.0 Å². The van der Waals surface area contributed by atoms with Crippen LogP contribution in [0.25, 0.3) is 16.9 Å². The van der Waals surface area contributed by atoms with Gasteiger partial charge in [-0.2, -0.15) is 0 Å². The molecule has 37 heavy (non-hydrogen) atoms. The van der Waals surface area contributed by atoms with E-state index in [9.17, 15) is 4.79 Å². The van der Waals surface area contributed by atoms with E-state index in [4.69, 9.17) is 25.8 Å². The van der Waals surface area contributed by atoms with E-state index in [2.05, 4.69) is 0 Å². The second-order valence-electron chi connectivity index (χ2n) is 8.71. The largest absolute Gasteiger partial charge is 0.497 e. The molecule has 0 saturated carbocycles. The minimum Gasteiger partial charge on any atom is -0.497 e. The first-order valence-corrected chi connectivity index (χ1v) is 12.3. The fourth-order valence-electron chi connectivity index (χ4n) is 4.38. The topological polar surface area (TPSA) is 52.9 Å². The Morgan fingerprint density at radius 2 is 1.59 bits per heavy atom. The zero-order chi connectivity index (χ0) is 26.5. The lowest BCUT2D eigenvalue weighted by molar-refractivity contribution is 0.0796. The van der Waals surface area contributed by atoms with Gasteiger partial charge in [-0.25, -0.2) is 0 Å². The first-order chi connectivity index (χ1) is 17.9. The van der Waals surface area contributed by atoms with Crippen LogP contribution in [-0.4, -0.2) is 50.3 Å². The highest BCUT2D eigenvalue weighted by molar-refractivity contribution is 6.32. The van der Waals surface area contributed by atoms with Crippen molar-refractivity contribution in [3.05, 3.63) is 94.6 Å². The SMILES string of the molecule is COc1ccc(-c2cc(C(=O)N(C)CCc3ccc(OC)c(OC)c3)c(C)n2-c2ccccc2Cl)cc1. The maximum absolute atomic E-state index is 13.6. The second kappa shape index (κ2) is 11.4. The van der Waals surface area contributed by atoms with Gasteiger partial charge < -0.3 is 23.7 Å². The summed E-state index contributed by atoms with van der Waals surface area (Å²) in [4.78, 5) is 15.4. The van der Waals surface area contributed by atoms with Crippen LogP contribution in [0, 0.1) is 6.92 Å². The smallest absolute Gasteiger partial charge is 0.255 e. The molecular formula is C30H31ClN2O4. The van der Waals surface area contributed by atoms with E-state index in [-0.39, 0.29) is 5.91 Å². The van der Waals surface area contributed by atoms with Gasteiger partial charge in [0.25, 0.3) is 5.91 Å². The molecule has 0 aliphatic rings. The predicted octanol–water partition coefficient (Wildman–Crippen LogP) is 6.45. The summed E-state index contributed by atoms with van der Waals surface area (Å²) in [6.07, 6.45) is 0.679. The van der Waals surface area contributed by atoms with Crippen LogP contribution in [0.4, 0.5) is 0 Å². The molecule has 0 atom stereocenters. The quantitative estimate of drug-likeness (QED) is 0.255. The van der Waals surface area contributed by atoms with E-state index in [1.807, 2.05) is 91.3 Å². The van der Waals surface area contributed by atoms with E-state index in [0.717, 1.165) is 34.0 Å². The number of carbonyl (C=O) groups excluding carboxylic acids is 1. The first-order valence-electron chi connectivity index (χ1n) is 12.0. The third-order valence-corrected chi connectivity index (χ3v) is 6.81. The first kappa shape index (κ1) is 26.2. The highest BCUT2D eigenvalue weighted by Crippen LogP contribution is 2.34. The molecule has 6 nitrogen and oxygen atoms in total. The van der Waals surface area contributed by atoms with Crippen molar-refractivity contribution in [3.8, 4) is 34.2 Å². The number of para-hydroxylation sites is 1. The number of ether oxygens (including phenoxy) is 3. The number of likely N-dealkylation sites (N-methyl/N-ethyl adjacent to an activating group) is 1. The standard InChI is InChI=1S/C30H31ClN2O4/c1-20-24(30(34)32(2)17-16-21-10-15-28(36-4)29(18-21)37-5)19-27(22-11-13-23(35-3)14-12-22)33(20)26-9-7-6-8-25(26)31/h6-15,18-19H,16-17H2,1-5H3. The van der Waals surface area contributed by atoms with Crippen molar-refractivity contribution >= 4 is 17.5 Å². The summed E-state index contributed by atoms with van der Waals surface area (Å²) >= 11 is 6.60. The Balaban J connectivity index is 1.66. The number of aromatic nitrogens is 1. The van der Waals surface area contributed by atoms with E-state index >= 15 is 0 Å². The molecule has 0 bridgehead atoms. The Hall–Kier alpha value is -3.90. The summed E-state index contributed by atoms with van der Waals surface area (Å²) in [5.74, 6) is 2.06. The Morgan fingerprint density at radius 3 is 2.24 bits per heavy atom. The van der Waals surface area contributed by atoms with Gasteiger partial charge in [0.2, 0.25) is 0 Å². The van der Waals surface area contributed by atoms with Crippen LogP contribution in [-0.2, 0) is 6.42 Å². The lowest BCUT2D eigenvalue weighted by Gasteiger charge is -2.18. The Labute approximate surface area is 223 Å². The highest BCUT2D eigenvalue weighted by Gasteiger charge is 2.23. The Bertz CT molecular complexity index is 1400. The molecule has 4 rings (SSSR count). The van der Waals surface area contributed by atoms with Crippen LogP contribution >= 0.6 is 11.6 Å². The van der Waals surface area contributed by atoms with Crippen LogP contribution in [0.2, 0.25) is 5.02 Å². The molecule has 1 aromatic heterocycles. The number of nitrogens with zero attached hydrogens (tertiary/aromatic N) is 2. The molecule has 0 radical (unpaired) electrons. The zero-order valence-electron chi connectivity index (χ0n) is 21.7. The molecule has 0 aliphatic carbocycles. The molecule has 1 heterocycles. The van der Waals surface area contributed by atoms with Gasteiger partial charge in [-0.3, -0.25) is 4.79 Å². The number of hydrogen-bond donors (Lipinski definition) is 0. The fourth-order valence-corrected chi connectivity index (χ4v) is 4.60. The molecular weight excluding hydrogens is 488 g/mol. The number of benzene rings is 3. The van der Waals surface area contributed by atoms with E-state index < -0.39 is 0 Å². The summed E-state index contributed by atoms with van der Waals surface area (Å²) in [7, 11) is 6.69. The van der Waals surface area contributed by atoms with Gasteiger partial charge in [0, 0.05) is 19.3 Å². The summed E-state index contributed by atoms with van der Waals surface area (Å²) in [6.45, 7) is 2.49. The molecule has 0 aliphatic heterocycles. The van der Waals surface area contributed by atoms with Gasteiger partial charge in [-0.05, 0) is 79.1 Å². The normalized spacial score (nSPS) is 10.8. The van der Waals surface area contributed by atoms with Gasteiger partial charge in [-0.1, -0.05) is 29.8 Å². The van der Waals surface area contributed by atoms with E-state index in [0.29, 0.717) is 35.1 Å². The Morgan fingerprint density at radius 1 is 0.892 bits per heavy atom. The number of rotatable bonds is 9. The molecule has 0 spiro atoms. The number of amides is 1. The monoisotopic (exact) mass is 518 g/mol. The molecule has 7 heteroatoms. The van der Waals surface area contributed by atoms with Crippen molar-refractivity contribution in [1.82, 2.24) is 9.47 Å². The van der Waals surface area contributed by atoms with Crippen molar-refractivity contribution in [3.63, 3.8) is 0 Å². The molecule has 1 amide bonds. The third-order valence-electron chi connectivity index (χ3n) is 6.49. The second-order valence-corrected chi connectivity index (χ2v) is 9.12. The van der Waals surface area contributed by atoms with Crippen LogP contribution in [0.1, 0.15) is 21.6 Å². The van der Waals surface area contributed by atoms with Crippen molar-refractivity contribution in [2.24, 2.45) is 0 Å². The van der Waals surface area contributed by atoms with Gasteiger partial charge in [0.15, 0.2) is 11.5 Å². The fraction of sp³-hybridized carbons (Fsp3) is 0.233. The minimum absolute atomic E-state index is 0.0569. The van der Waals surface area contributed by atoms with Gasteiger partial charge in [0.05, 0.1) is 43.3 Å². The molecule has 0 saturated heterocycles. The van der Waals surface area contributed by atoms with Crippen LogP contribution < -0.4 is 14.2 Å². The number of halogens is 1. The lowest BCUT2D eigenvalue weighted by Crippen LogP contribution is -2.29. The maximum Gasteiger partial charge on any atom is 0.255 e. The van der Waals surface area contributed by atoms with Crippen LogP contribution in [0.15, 0.2) is 72.8 Å². The predicted molar refractivity (Wildman–Crippen MR) is 148 cm³/mol. The minimum atomic E-state index is -0.0569. The summed E-state index contributed by atoms with van der Waals surface area (Å²) in [5, 5.41) is 0.608. The van der Waals surface area contributed by atoms with Crippen LogP contribution in [0.3, 0.4) is 0 Å². The molecule has 192 valence electrons. The highest BCUT2D eigenvalue weighted by atomic mass is 35.5. The molecule has 0 N–H and O–H groups in total. The van der Waals surface area contributed by atoms with E-state index in [1.54, 1.807) is 26.2 Å². The van der Waals surface area contributed by atoms with Gasteiger partial charge >= 0.3 is 0 Å². The molecule has 3 aromatic carbocycles. The summed E-state index contributed by atoms with van der Waals surface area (Å²) in [5.41, 5.74) is 5.16. The van der Waals surface area contributed by atoms with Crippen LogP contribution in [0.5, 0.6) is 17.2 Å². The molecule has 0 unspecified atom stereocenters. The van der Waals surface area contributed by atoms with Crippen molar-refractivity contribution in [2.45, 2.75) is 13.3 Å². The molecule has 0 fully saturated rings. The number of hydrogen-bond acceptors (Lipinski definition) is 4. The summed E-state index contributed by atoms with van der Waals surface area (Å²) < 4.78 is 18.1. The zero-order valence-corrected chi connectivity index (χ0v) is 22.5. The molecule has 4 aromatic rings. The maximum atomic E-state index is 13.6. The third kappa shape index (κ3) is 5.44. The lowest BCUT2D eigenvalue weighted by atomic mass is 10.1. The van der Waals surface area contributed by atoms with Crippen molar-refractivity contribution in [1.29, 1.82) is 0 Å². The van der Waals surface area contributed by atoms with Gasteiger partial charge in [0.1, 0.15) is 5.75 Å².